The first-order valence-corrected chi connectivity index (χ1v) is 9.97. The van der Waals surface area contributed by atoms with Crippen molar-refractivity contribution in [2.24, 2.45) is 5.92 Å². The lowest BCUT2D eigenvalue weighted by Crippen LogP contribution is -2.37. The SMILES string of the molecule is CCCCN1C(=O)CC(C(=O)NCC(O)c2ccco2)C1c1ccc(OC)cc1. The van der Waals surface area contributed by atoms with E-state index in [1.165, 1.54) is 6.26 Å². The molecule has 29 heavy (non-hydrogen) atoms. The fourth-order valence-electron chi connectivity index (χ4n) is 3.74. The summed E-state index contributed by atoms with van der Waals surface area (Å²) in [4.78, 5) is 27.4. The number of rotatable bonds is 9. The molecule has 0 spiro atoms. The number of benzene rings is 1. The number of methoxy groups -OCH3 is 1. The number of ether oxygens (including phenoxy) is 1. The Hall–Kier alpha value is -2.80. The van der Waals surface area contributed by atoms with E-state index in [4.69, 9.17) is 9.15 Å². The third kappa shape index (κ3) is 4.79. The lowest BCUT2D eigenvalue weighted by atomic mass is 9.92. The van der Waals surface area contributed by atoms with E-state index in [2.05, 4.69) is 12.2 Å². The van der Waals surface area contributed by atoms with Crippen LogP contribution in [0.3, 0.4) is 0 Å². The van der Waals surface area contributed by atoms with E-state index in [1.807, 2.05) is 24.3 Å². The number of unbranched alkanes of at least 4 members (excludes halogenated alkanes) is 1. The maximum absolute atomic E-state index is 12.9. The van der Waals surface area contributed by atoms with E-state index in [-0.39, 0.29) is 30.8 Å². The highest BCUT2D eigenvalue weighted by Crippen LogP contribution is 2.39. The number of nitrogens with zero attached hydrogens (tertiary/aromatic N) is 1. The predicted molar refractivity (Wildman–Crippen MR) is 107 cm³/mol. The lowest BCUT2D eigenvalue weighted by Gasteiger charge is -2.28. The number of aliphatic hydroxyl groups excluding tert-OH is 1. The molecular weight excluding hydrogens is 372 g/mol. The van der Waals surface area contributed by atoms with Gasteiger partial charge in [0.2, 0.25) is 11.8 Å². The molecule has 0 saturated carbocycles. The summed E-state index contributed by atoms with van der Waals surface area (Å²) in [5.41, 5.74) is 0.902. The lowest BCUT2D eigenvalue weighted by molar-refractivity contribution is -0.129. The Kier molecular flexibility index (Phi) is 6.93. The number of furan rings is 1. The molecule has 3 atom stereocenters. The molecule has 0 bridgehead atoms. The van der Waals surface area contributed by atoms with Crippen molar-refractivity contribution in [3.05, 3.63) is 54.0 Å². The number of carbonyl (C=O) groups is 2. The van der Waals surface area contributed by atoms with Gasteiger partial charge in [-0.25, -0.2) is 0 Å². The van der Waals surface area contributed by atoms with Gasteiger partial charge in [0.25, 0.3) is 0 Å². The second-order valence-corrected chi connectivity index (χ2v) is 7.25. The minimum absolute atomic E-state index is 0.0222. The molecule has 1 aromatic carbocycles. The Bertz CT molecular complexity index is 803. The Morgan fingerprint density at radius 1 is 1.34 bits per heavy atom. The molecule has 2 N–H and O–H groups in total. The van der Waals surface area contributed by atoms with Crippen molar-refractivity contribution in [2.75, 3.05) is 20.2 Å². The minimum Gasteiger partial charge on any atom is -0.497 e. The van der Waals surface area contributed by atoms with Crippen molar-refractivity contribution in [2.45, 2.75) is 38.3 Å². The van der Waals surface area contributed by atoms with Gasteiger partial charge in [-0.15, -0.1) is 0 Å². The molecule has 2 aromatic rings. The number of hydrogen-bond donors (Lipinski definition) is 2. The topological polar surface area (TPSA) is 92.0 Å². The third-order valence-electron chi connectivity index (χ3n) is 5.32. The van der Waals surface area contributed by atoms with Gasteiger partial charge in [-0.2, -0.15) is 0 Å². The molecule has 3 unspecified atom stereocenters. The van der Waals surface area contributed by atoms with Crippen molar-refractivity contribution in [3.63, 3.8) is 0 Å². The second kappa shape index (κ2) is 9.60. The Balaban J connectivity index is 1.76. The van der Waals surface area contributed by atoms with Crippen molar-refractivity contribution in [1.29, 1.82) is 0 Å². The van der Waals surface area contributed by atoms with E-state index >= 15 is 0 Å². The number of hydrogen-bond acceptors (Lipinski definition) is 5. The number of amides is 2. The van der Waals surface area contributed by atoms with Crippen molar-refractivity contribution in [3.8, 4) is 5.75 Å². The summed E-state index contributed by atoms with van der Waals surface area (Å²) >= 11 is 0. The average molecular weight is 400 g/mol. The van der Waals surface area contributed by atoms with Gasteiger partial charge in [0, 0.05) is 13.0 Å². The van der Waals surface area contributed by atoms with Crippen molar-refractivity contribution < 1.29 is 23.8 Å². The Morgan fingerprint density at radius 2 is 2.10 bits per heavy atom. The maximum atomic E-state index is 12.9. The van der Waals surface area contributed by atoms with Crippen LogP contribution in [0.2, 0.25) is 0 Å². The monoisotopic (exact) mass is 400 g/mol. The molecule has 7 nitrogen and oxygen atoms in total. The van der Waals surface area contributed by atoms with Crippen LogP contribution in [-0.4, -0.2) is 42.0 Å². The number of likely N-dealkylation sites (tertiary alicyclic amines) is 1. The Labute approximate surface area is 170 Å². The first kappa shape index (κ1) is 20.9. The van der Waals surface area contributed by atoms with Crippen LogP contribution in [0.25, 0.3) is 0 Å². The summed E-state index contributed by atoms with van der Waals surface area (Å²) in [7, 11) is 1.60. The van der Waals surface area contributed by atoms with Crippen LogP contribution in [-0.2, 0) is 9.59 Å². The molecule has 2 amide bonds. The summed E-state index contributed by atoms with van der Waals surface area (Å²) < 4.78 is 10.4. The van der Waals surface area contributed by atoms with Crippen LogP contribution in [0.5, 0.6) is 5.75 Å². The van der Waals surface area contributed by atoms with E-state index < -0.39 is 12.0 Å². The van der Waals surface area contributed by atoms with E-state index in [1.54, 1.807) is 24.1 Å². The molecule has 0 aliphatic carbocycles. The smallest absolute Gasteiger partial charge is 0.226 e. The second-order valence-electron chi connectivity index (χ2n) is 7.25. The number of carbonyl (C=O) groups excluding carboxylic acids is 2. The maximum Gasteiger partial charge on any atom is 0.226 e. The van der Waals surface area contributed by atoms with Gasteiger partial charge < -0.3 is 24.5 Å². The molecular formula is C22H28N2O5. The van der Waals surface area contributed by atoms with Crippen molar-refractivity contribution >= 4 is 11.8 Å². The third-order valence-corrected chi connectivity index (χ3v) is 5.32. The van der Waals surface area contributed by atoms with Crippen LogP contribution in [0.15, 0.2) is 47.1 Å². The molecule has 1 aliphatic heterocycles. The quantitative estimate of drug-likeness (QED) is 0.675. The summed E-state index contributed by atoms with van der Waals surface area (Å²) in [5, 5.41) is 12.9. The molecule has 1 aliphatic rings. The van der Waals surface area contributed by atoms with E-state index in [0.717, 1.165) is 24.2 Å². The fourth-order valence-corrected chi connectivity index (χ4v) is 3.74. The minimum atomic E-state index is -0.929. The predicted octanol–water partition coefficient (Wildman–Crippen LogP) is 2.83. The summed E-state index contributed by atoms with van der Waals surface area (Å²) in [6.45, 7) is 2.72. The molecule has 0 radical (unpaired) electrons. The molecule has 1 fully saturated rings. The van der Waals surface area contributed by atoms with Crippen LogP contribution >= 0.6 is 0 Å². The van der Waals surface area contributed by atoms with Gasteiger partial charge in [0.05, 0.1) is 31.9 Å². The van der Waals surface area contributed by atoms with E-state index in [9.17, 15) is 14.7 Å². The van der Waals surface area contributed by atoms with Crippen LogP contribution in [0.1, 0.15) is 49.7 Å². The zero-order valence-corrected chi connectivity index (χ0v) is 16.8. The molecule has 2 heterocycles. The zero-order chi connectivity index (χ0) is 20.8. The summed E-state index contributed by atoms with van der Waals surface area (Å²) in [6.07, 6.45) is 2.54. The van der Waals surface area contributed by atoms with Gasteiger partial charge in [-0.3, -0.25) is 9.59 Å². The summed E-state index contributed by atoms with van der Waals surface area (Å²) in [5.74, 6) is 0.330. The van der Waals surface area contributed by atoms with Gasteiger partial charge in [0.15, 0.2) is 0 Å². The molecule has 3 rings (SSSR count). The van der Waals surface area contributed by atoms with Crippen LogP contribution in [0.4, 0.5) is 0 Å². The molecule has 1 saturated heterocycles. The number of nitrogens with one attached hydrogen (secondary N) is 1. The Morgan fingerprint density at radius 3 is 2.72 bits per heavy atom. The van der Waals surface area contributed by atoms with Crippen LogP contribution < -0.4 is 10.1 Å². The molecule has 7 heteroatoms. The molecule has 1 aromatic heterocycles. The summed E-state index contributed by atoms with van der Waals surface area (Å²) in [6, 6.07) is 10.5. The van der Waals surface area contributed by atoms with Gasteiger partial charge in [-0.1, -0.05) is 25.5 Å². The first-order chi connectivity index (χ1) is 14.0. The van der Waals surface area contributed by atoms with E-state index in [0.29, 0.717) is 12.3 Å². The fraction of sp³-hybridized carbons (Fsp3) is 0.455. The number of aliphatic hydroxyl groups is 1. The highest BCUT2D eigenvalue weighted by molar-refractivity contribution is 5.90. The largest absolute Gasteiger partial charge is 0.497 e. The standard InChI is InChI=1S/C22H28N2O5/c1-3-4-11-24-20(26)13-17(21(24)15-7-9-16(28-2)10-8-15)22(27)23-14-18(25)19-6-5-12-29-19/h5-10,12,17-18,21,25H,3-4,11,13-14H2,1-2H3,(H,23,27). The molecule has 156 valence electrons. The van der Waals surface area contributed by atoms with Gasteiger partial charge in [0.1, 0.15) is 17.6 Å². The van der Waals surface area contributed by atoms with Gasteiger partial charge in [-0.05, 0) is 36.2 Å². The highest BCUT2D eigenvalue weighted by Gasteiger charge is 2.44. The normalized spacial score (nSPS) is 20.0. The van der Waals surface area contributed by atoms with Crippen LogP contribution in [0, 0.1) is 5.92 Å². The highest BCUT2D eigenvalue weighted by atomic mass is 16.5. The van der Waals surface area contributed by atoms with Gasteiger partial charge >= 0.3 is 0 Å². The zero-order valence-electron chi connectivity index (χ0n) is 16.8. The first-order valence-electron chi connectivity index (χ1n) is 9.97. The van der Waals surface area contributed by atoms with Crippen molar-refractivity contribution in [1.82, 2.24) is 10.2 Å². The average Bonchev–Trinajstić information content (AvgIpc) is 3.38.